The molecule has 0 spiro atoms. The highest BCUT2D eigenvalue weighted by Gasteiger charge is 2.20. The van der Waals surface area contributed by atoms with Crippen LogP contribution in [0.2, 0.25) is 0 Å². The van der Waals surface area contributed by atoms with E-state index in [4.69, 9.17) is 9.47 Å². The van der Waals surface area contributed by atoms with Crippen molar-refractivity contribution < 1.29 is 43.4 Å². The first kappa shape index (κ1) is 22.2. The molecule has 1 heterocycles. The minimum absolute atomic E-state index is 0.110. The number of nitrogens with one attached hydrogen (secondary N) is 1. The zero-order chi connectivity index (χ0) is 22.3. The van der Waals surface area contributed by atoms with Crippen LogP contribution in [-0.2, 0) is 24.0 Å². The summed E-state index contributed by atoms with van der Waals surface area (Å²) in [6.07, 6.45) is 0.362. The first-order chi connectivity index (χ1) is 14.2. The summed E-state index contributed by atoms with van der Waals surface area (Å²) in [5.41, 5.74) is -0.997. The van der Waals surface area contributed by atoms with Gasteiger partial charge in [0.25, 0.3) is 0 Å². The fraction of sp³-hybridized carbons (Fsp3) is 0.118. The van der Waals surface area contributed by atoms with Crippen molar-refractivity contribution in [3.05, 3.63) is 34.8 Å². The molecule has 1 aromatic heterocycles. The Morgan fingerprint density at radius 3 is 2.40 bits per heavy atom. The Morgan fingerprint density at radius 2 is 1.80 bits per heavy atom. The van der Waals surface area contributed by atoms with Crippen molar-refractivity contribution in [1.82, 2.24) is 4.98 Å². The second-order valence-electron chi connectivity index (χ2n) is 5.27. The molecule has 0 saturated heterocycles. The van der Waals surface area contributed by atoms with Gasteiger partial charge in [-0.3, -0.25) is 14.4 Å². The van der Waals surface area contributed by atoms with Gasteiger partial charge < -0.3 is 24.7 Å². The molecule has 0 aliphatic rings. The molecule has 0 unspecified atom stereocenters. The van der Waals surface area contributed by atoms with Crippen molar-refractivity contribution in [2.24, 2.45) is 5.16 Å². The summed E-state index contributed by atoms with van der Waals surface area (Å²) in [5.74, 6) is -4.36. The fourth-order valence-electron chi connectivity index (χ4n) is 1.94. The van der Waals surface area contributed by atoms with E-state index < -0.39 is 29.6 Å². The third-order valence-corrected chi connectivity index (χ3v) is 3.81. The number of ether oxygens (including phenoxy) is 2. The zero-order valence-electron chi connectivity index (χ0n) is 15.4. The van der Waals surface area contributed by atoms with Crippen LogP contribution in [0.15, 0.2) is 28.7 Å². The normalized spacial score (nSPS) is 10.7. The average Bonchev–Trinajstić information content (AvgIpc) is 3.10. The number of oxime groups is 1. The zero-order valence-corrected chi connectivity index (χ0v) is 16.2. The lowest BCUT2D eigenvalue weighted by Gasteiger charge is -2.09. The molecule has 0 radical (unpaired) electrons. The number of esters is 2. The van der Waals surface area contributed by atoms with Crippen molar-refractivity contribution in [2.45, 2.75) is 13.8 Å². The summed E-state index contributed by atoms with van der Waals surface area (Å²) in [6, 6.07) is 3.45. The number of carbonyl (C=O) groups is 5. The summed E-state index contributed by atoms with van der Waals surface area (Å²) in [6.45, 7) is 2.24. The van der Waals surface area contributed by atoms with E-state index in [2.05, 4.69) is 20.3 Å². The standard InChI is InChI=1S/C17H13N3O9S/c1-8(22)27-12-4-3-10(5-13(12)28-9(2)23)16(26)29-20-14(15(24)25)11-6-30-17(19-11)18-7-21/h3-7H,1-2H3,(H,24,25)(H,18,19,21). The molecular weight excluding hydrogens is 422 g/mol. The highest BCUT2D eigenvalue weighted by atomic mass is 32.1. The lowest BCUT2D eigenvalue weighted by atomic mass is 10.2. The highest BCUT2D eigenvalue weighted by Crippen LogP contribution is 2.29. The Kier molecular flexibility index (Phi) is 7.30. The number of carboxylic acid groups (broad SMARTS) is 1. The topological polar surface area (TPSA) is 171 Å². The third kappa shape index (κ3) is 5.93. The molecule has 156 valence electrons. The van der Waals surface area contributed by atoms with Crippen LogP contribution >= 0.6 is 11.3 Å². The Labute approximate surface area is 172 Å². The molecule has 2 rings (SSSR count). The van der Waals surface area contributed by atoms with Crippen LogP contribution in [-0.4, -0.2) is 46.1 Å². The molecule has 2 N–H and O–H groups in total. The number of anilines is 1. The molecule has 0 atom stereocenters. The van der Waals surface area contributed by atoms with Crippen molar-refractivity contribution in [3.8, 4) is 11.5 Å². The number of nitrogens with zero attached hydrogens (tertiary/aromatic N) is 2. The van der Waals surface area contributed by atoms with Crippen molar-refractivity contribution >= 4 is 52.5 Å². The van der Waals surface area contributed by atoms with Gasteiger partial charge in [0.1, 0.15) is 5.69 Å². The van der Waals surface area contributed by atoms with Gasteiger partial charge in [0, 0.05) is 19.2 Å². The number of carbonyl (C=O) groups excluding carboxylic acids is 4. The van der Waals surface area contributed by atoms with E-state index in [9.17, 15) is 29.1 Å². The first-order valence-corrected chi connectivity index (χ1v) is 8.78. The summed E-state index contributed by atoms with van der Waals surface area (Å²) < 4.78 is 9.78. The van der Waals surface area contributed by atoms with Crippen LogP contribution in [0.4, 0.5) is 5.13 Å². The SMILES string of the molecule is CC(=O)Oc1ccc(C(=O)ON=C(C(=O)O)c2csc(NC=O)n2)cc1OC(C)=O. The van der Waals surface area contributed by atoms with Gasteiger partial charge in [-0.25, -0.2) is 14.6 Å². The molecule has 12 nitrogen and oxygen atoms in total. The number of aromatic nitrogens is 1. The Bertz CT molecular complexity index is 1040. The largest absolute Gasteiger partial charge is 0.476 e. The van der Waals surface area contributed by atoms with Gasteiger partial charge in [0.05, 0.1) is 5.56 Å². The van der Waals surface area contributed by atoms with E-state index in [0.717, 1.165) is 31.3 Å². The molecule has 0 aliphatic heterocycles. The number of hydrogen-bond acceptors (Lipinski definition) is 11. The van der Waals surface area contributed by atoms with Crippen LogP contribution in [0.25, 0.3) is 0 Å². The quantitative estimate of drug-likeness (QED) is 0.153. The fourth-order valence-corrected chi connectivity index (χ4v) is 2.60. The van der Waals surface area contributed by atoms with Crippen LogP contribution in [0.5, 0.6) is 11.5 Å². The van der Waals surface area contributed by atoms with Crippen molar-refractivity contribution in [2.75, 3.05) is 5.32 Å². The predicted molar refractivity (Wildman–Crippen MR) is 100 cm³/mol. The monoisotopic (exact) mass is 435 g/mol. The smallest absolute Gasteiger partial charge is 0.365 e. The summed E-state index contributed by atoms with van der Waals surface area (Å²) in [5, 5.41) is 16.2. The van der Waals surface area contributed by atoms with E-state index in [1.807, 2.05) is 0 Å². The second kappa shape index (κ2) is 9.88. The molecule has 0 fully saturated rings. The summed E-state index contributed by atoms with van der Waals surface area (Å²) in [7, 11) is 0. The van der Waals surface area contributed by atoms with Gasteiger partial charge in [-0.1, -0.05) is 5.16 Å². The Hall–Kier alpha value is -4.13. The van der Waals surface area contributed by atoms with E-state index in [-0.39, 0.29) is 27.9 Å². The second-order valence-corrected chi connectivity index (χ2v) is 6.13. The van der Waals surface area contributed by atoms with Crippen LogP contribution in [0.3, 0.4) is 0 Å². The maximum absolute atomic E-state index is 12.2. The molecule has 1 amide bonds. The molecule has 13 heteroatoms. The Balaban J connectivity index is 2.27. The van der Waals surface area contributed by atoms with E-state index >= 15 is 0 Å². The number of amides is 1. The maximum Gasteiger partial charge on any atom is 0.365 e. The van der Waals surface area contributed by atoms with E-state index in [0.29, 0.717) is 6.41 Å². The van der Waals surface area contributed by atoms with Crippen molar-refractivity contribution in [3.63, 3.8) is 0 Å². The minimum Gasteiger partial charge on any atom is -0.476 e. The van der Waals surface area contributed by atoms with Gasteiger partial charge in [-0.15, -0.1) is 11.3 Å². The van der Waals surface area contributed by atoms with Crippen LogP contribution in [0.1, 0.15) is 29.9 Å². The number of aliphatic carboxylic acids is 1. The highest BCUT2D eigenvalue weighted by molar-refractivity contribution is 7.14. The molecular formula is C17H13N3O9S. The minimum atomic E-state index is -1.53. The Morgan fingerprint density at radius 1 is 1.13 bits per heavy atom. The van der Waals surface area contributed by atoms with Gasteiger partial charge in [-0.05, 0) is 18.2 Å². The van der Waals surface area contributed by atoms with Gasteiger partial charge in [-0.2, -0.15) is 0 Å². The number of benzene rings is 1. The molecule has 0 bridgehead atoms. The van der Waals surface area contributed by atoms with Gasteiger partial charge in [0.15, 0.2) is 16.6 Å². The first-order valence-electron chi connectivity index (χ1n) is 7.91. The van der Waals surface area contributed by atoms with E-state index in [1.165, 1.54) is 17.5 Å². The molecule has 0 aliphatic carbocycles. The van der Waals surface area contributed by atoms with E-state index in [1.54, 1.807) is 0 Å². The predicted octanol–water partition coefficient (Wildman–Crippen LogP) is 1.21. The van der Waals surface area contributed by atoms with Crippen LogP contribution in [0, 0.1) is 0 Å². The lowest BCUT2D eigenvalue weighted by Crippen LogP contribution is -2.17. The maximum atomic E-state index is 12.2. The number of thiazole rings is 1. The summed E-state index contributed by atoms with van der Waals surface area (Å²) in [4.78, 5) is 64.9. The number of carboxylic acids is 1. The summed E-state index contributed by atoms with van der Waals surface area (Å²) >= 11 is 0.936. The lowest BCUT2D eigenvalue weighted by molar-refractivity contribution is -0.134. The number of rotatable bonds is 8. The molecule has 1 aromatic carbocycles. The molecule has 30 heavy (non-hydrogen) atoms. The molecule has 2 aromatic rings. The van der Waals surface area contributed by atoms with Crippen LogP contribution < -0.4 is 14.8 Å². The number of hydrogen-bond donors (Lipinski definition) is 2. The average molecular weight is 435 g/mol. The molecule has 0 saturated carbocycles. The van der Waals surface area contributed by atoms with Gasteiger partial charge >= 0.3 is 23.9 Å². The van der Waals surface area contributed by atoms with Gasteiger partial charge in [0.2, 0.25) is 12.1 Å². The third-order valence-electron chi connectivity index (χ3n) is 3.04. The van der Waals surface area contributed by atoms with Crippen molar-refractivity contribution in [1.29, 1.82) is 0 Å².